The predicted octanol–water partition coefficient (Wildman–Crippen LogP) is -0.756. The molecule has 0 spiro atoms. The van der Waals surface area contributed by atoms with Gasteiger partial charge in [0.25, 0.3) is 0 Å². The summed E-state index contributed by atoms with van der Waals surface area (Å²) in [7, 11) is 0. The summed E-state index contributed by atoms with van der Waals surface area (Å²) in [5, 5.41) is 0. The molecule has 8 heteroatoms. The van der Waals surface area contributed by atoms with Gasteiger partial charge >= 0.3 is 41.9 Å². The van der Waals surface area contributed by atoms with Gasteiger partial charge in [-0.1, -0.05) is 0 Å². The van der Waals surface area contributed by atoms with Gasteiger partial charge in [-0.15, -0.1) is 0 Å². The van der Waals surface area contributed by atoms with Crippen LogP contribution in [0.5, 0.6) is 0 Å². The molecule has 0 atom stereocenters. The topological polar surface area (TPSA) is 9.23 Å². The third kappa shape index (κ3) is 13.2. The van der Waals surface area contributed by atoms with Crippen LogP contribution in [0.25, 0.3) is 0 Å². The van der Waals surface area contributed by atoms with Crippen LogP contribution >= 0.6 is 0 Å². The summed E-state index contributed by atoms with van der Waals surface area (Å²) in [4.78, 5) is 0. The minimum absolute atomic E-state index is 0. The molecule has 0 radical (unpaired) electrons. The first-order chi connectivity index (χ1) is 4.71. The second kappa shape index (κ2) is 5.31. The number of hydrogen-bond acceptors (Lipinski definition) is 1. The minimum Gasteiger partial charge on any atom is -1.00 e. The van der Waals surface area contributed by atoms with Crippen LogP contribution in [0, 0.1) is 0 Å². The fourth-order valence-electron chi connectivity index (χ4n) is 0.282. The number of hydrogen-bond donors (Lipinski definition) is 0. The third-order valence-electron chi connectivity index (χ3n) is 0.531. The summed E-state index contributed by atoms with van der Waals surface area (Å²) in [6, 6.07) is 0. The maximum atomic E-state index is 11.1. The van der Waals surface area contributed by atoms with E-state index in [0.29, 0.717) is 0 Å². The van der Waals surface area contributed by atoms with Crippen LogP contribution in [0.3, 0.4) is 0 Å². The van der Waals surface area contributed by atoms with Crippen LogP contribution in [-0.4, -0.2) is 25.6 Å². The molecule has 1 nitrogen and oxygen atoms in total. The van der Waals surface area contributed by atoms with E-state index >= 15 is 0 Å². The van der Waals surface area contributed by atoms with Gasteiger partial charge < -0.3 is 6.16 Å². The fraction of sp³-hybridized carbons (Fsp3) is 1.00. The van der Waals surface area contributed by atoms with Gasteiger partial charge in [-0.2, -0.15) is 26.3 Å². The molecule has 0 aliphatic heterocycles. The summed E-state index contributed by atoms with van der Waals surface area (Å²) < 4.78 is 70.1. The minimum atomic E-state index is -4.70. The number of halogens is 6. The van der Waals surface area contributed by atoms with Crippen molar-refractivity contribution in [1.29, 1.82) is 0 Å². The van der Waals surface area contributed by atoms with Crippen molar-refractivity contribution in [2.45, 2.75) is 12.4 Å². The van der Waals surface area contributed by atoms with Gasteiger partial charge in [-0.05, 0) is 0 Å². The molecule has 0 aromatic carbocycles. The predicted molar refractivity (Wildman–Crippen MR) is 24.0 cm³/mol. The van der Waals surface area contributed by atoms with E-state index in [0.717, 1.165) is 0 Å². The van der Waals surface area contributed by atoms with E-state index in [1.54, 1.807) is 0 Å². The molecule has 0 heterocycles. The Bertz CT molecular complexity index is 109. The van der Waals surface area contributed by atoms with Crippen molar-refractivity contribution in [1.82, 2.24) is 0 Å². The normalized spacial score (nSPS) is 12.5. The zero-order valence-electron chi connectivity index (χ0n) is 7.09. The molecule has 0 fully saturated rings. The molecule has 0 aromatic heterocycles. The van der Waals surface area contributed by atoms with Crippen molar-refractivity contribution in [2.75, 3.05) is 13.2 Å². The Balaban J connectivity index is -0.000000500. The van der Waals surface area contributed by atoms with Crippen molar-refractivity contribution < 1.29 is 62.1 Å². The third-order valence-corrected chi connectivity index (χ3v) is 0.531. The first kappa shape index (κ1) is 15.0. The first-order valence-electron chi connectivity index (χ1n) is 2.42. The van der Waals surface area contributed by atoms with Crippen LogP contribution in [0.2, 0.25) is 0 Å². The largest absolute Gasteiger partial charge is 1.00 e. The van der Waals surface area contributed by atoms with E-state index in [2.05, 4.69) is 4.74 Å². The molecular weight excluding hydrogens is 201 g/mol. The molecule has 0 bridgehead atoms. The number of alkyl halides is 6. The second-order valence-electron chi connectivity index (χ2n) is 1.72. The Morgan fingerprint density at radius 1 is 0.833 bits per heavy atom. The molecule has 0 aromatic rings. The van der Waals surface area contributed by atoms with Crippen LogP contribution in [0.1, 0.15) is 1.43 Å². The Morgan fingerprint density at radius 3 is 1.25 bits per heavy atom. The van der Waals surface area contributed by atoms with E-state index in [-0.39, 0.29) is 31.0 Å². The van der Waals surface area contributed by atoms with Crippen molar-refractivity contribution in [2.24, 2.45) is 0 Å². The average molecular weight is 206 g/mol. The van der Waals surface area contributed by atoms with Gasteiger partial charge in [0.15, 0.2) is 0 Å². The summed E-state index contributed by atoms with van der Waals surface area (Å²) in [6.45, 7) is -3.74. The summed E-state index contributed by atoms with van der Waals surface area (Å²) in [6.07, 6.45) is -9.41. The fourth-order valence-corrected chi connectivity index (χ4v) is 0.282. The van der Waals surface area contributed by atoms with Gasteiger partial charge in [-0.3, -0.25) is 0 Å². The SMILES string of the molecule is FC(F)(F)COCC(F)(F)F.[H-].[Na+]. The molecule has 0 saturated carbocycles. The van der Waals surface area contributed by atoms with Crippen molar-refractivity contribution >= 4 is 0 Å². The molecule has 12 heavy (non-hydrogen) atoms. The molecule has 0 saturated heterocycles. The molecule has 0 aliphatic carbocycles. The first-order valence-corrected chi connectivity index (χ1v) is 2.42. The smallest absolute Gasteiger partial charge is 1.00 e. The Kier molecular flexibility index (Phi) is 6.65. The van der Waals surface area contributed by atoms with Crippen molar-refractivity contribution in [3.05, 3.63) is 0 Å². The van der Waals surface area contributed by atoms with E-state index in [9.17, 15) is 26.3 Å². The standard InChI is InChI=1S/C4H4F6O.Na.H/c5-3(6,7)1-11-2-4(8,9)10;;/h1-2H2;;/q;+1;-1. The second-order valence-corrected chi connectivity index (χ2v) is 1.72. The van der Waals surface area contributed by atoms with E-state index in [1.165, 1.54) is 0 Å². The van der Waals surface area contributed by atoms with Gasteiger partial charge in [0.05, 0.1) is 0 Å². The molecule has 0 aliphatic rings. The summed E-state index contributed by atoms with van der Waals surface area (Å²) >= 11 is 0. The molecule has 0 N–H and O–H groups in total. The van der Waals surface area contributed by atoms with Gasteiger partial charge in [0.2, 0.25) is 0 Å². The van der Waals surface area contributed by atoms with Gasteiger partial charge in [-0.25, -0.2) is 0 Å². The number of ether oxygens (including phenoxy) is 1. The van der Waals surface area contributed by atoms with Crippen LogP contribution < -0.4 is 29.6 Å². The van der Waals surface area contributed by atoms with Crippen LogP contribution in [-0.2, 0) is 4.74 Å². The quantitative estimate of drug-likeness (QED) is 0.426. The maximum absolute atomic E-state index is 11.1. The zero-order chi connectivity index (χ0) is 9.12. The van der Waals surface area contributed by atoms with E-state index in [1.807, 2.05) is 0 Å². The zero-order valence-corrected chi connectivity index (χ0v) is 8.09. The Hall–Kier alpha value is 0.540. The van der Waals surface area contributed by atoms with E-state index < -0.39 is 25.6 Å². The van der Waals surface area contributed by atoms with Crippen molar-refractivity contribution in [3.63, 3.8) is 0 Å². The summed E-state index contributed by atoms with van der Waals surface area (Å²) in [5.74, 6) is 0. The number of rotatable bonds is 2. The Labute approximate surface area is 87.8 Å². The molecule has 0 amide bonds. The average Bonchev–Trinajstić information content (AvgIpc) is 1.55. The van der Waals surface area contributed by atoms with Crippen molar-refractivity contribution in [3.8, 4) is 0 Å². The molecular formula is C4H5F6NaO. The van der Waals surface area contributed by atoms with E-state index in [4.69, 9.17) is 0 Å². The van der Waals surface area contributed by atoms with Crippen LogP contribution in [0.15, 0.2) is 0 Å². The van der Waals surface area contributed by atoms with Crippen LogP contribution in [0.4, 0.5) is 26.3 Å². The molecule has 0 rings (SSSR count). The van der Waals surface area contributed by atoms with Gasteiger partial charge in [0, 0.05) is 0 Å². The monoisotopic (exact) mass is 206 g/mol. The molecule has 0 unspecified atom stereocenters. The molecule has 70 valence electrons. The Morgan fingerprint density at radius 2 is 1.08 bits per heavy atom. The maximum Gasteiger partial charge on any atom is 1.00 e. The van der Waals surface area contributed by atoms with Gasteiger partial charge in [0.1, 0.15) is 13.2 Å². The summed E-state index contributed by atoms with van der Waals surface area (Å²) in [5.41, 5.74) is 0.